The van der Waals surface area contributed by atoms with Crippen LogP contribution >= 0.6 is 23.4 Å². The van der Waals surface area contributed by atoms with Crippen LogP contribution in [0.25, 0.3) is 22.2 Å². The lowest BCUT2D eigenvalue weighted by atomic mass is 10.1. The van der Waals surface area contributed by atoms with Crippen molar-refractivity contribution in [2.75, 3.05) is 11.2 Å². The van der Waals surface area contributed by atoms with Crippen molar-refractivity contribution in [2.45, 2.75) is 17.3 Å². The number of nitrogens with zero attached hydrogens (tertiary/aromatic N) is 3. The number of benzene rings is 3. The molecule has 0 unspecified atom stereocenters. The first-order valence-electron chi connectivity index (χ1n) is 8.94. The third-order valence-electron chi connectivity index (χ3n) is 4.45. The lowest BCUT2D eigenvalue weighted by Crippen LogP contribution is -2.23. The van der Waals surface area contributed by atoms with Gasteiger partial charge in [-0.1, -0.05) is 65.8 Å². The average molecular weight is 424 g/mol. The minimum Gasteiger partial charge on any atom is -0.335 e. The fourth-order valence-electron chi connectivity index (χ4n) is 2.91. The van der Waals surface area contributed by atoms with Crippen molar-refractivity contribution in [3.05, 3.63) is 71.8 Å². The number of nitrogens with two attached hydrogens (primary N) is 1. The number of hydrogen-bond acceptors (Lipinski definition) is 5. The van der Waals surface area contributed by atoms with Gasteiger partial charge >= 0.3 is 0 Å². The van der Waals surface area contributed by atoms with Crippen molar-refractivity contribution in [2.24, 2.45) is 0 Å². The Morgan fingerprint density at radius 1 is 1.07 bits per heavy atom. The molecule has 8 heteroatoms. The van der Waals surface area contributed by atoms with Crippen molar-refractivity contribution in [1.29, 1.82) is 0 Å². The molecule has 3 aromatic carbocycles. The highest BCUT2D eigenvalue weighted by atomic mass is 35.5. The molecule has 146 valence electrons. The molecule has 0 saturated carbocycles. The van der Waals surface area contributed by atoms with Crippen LogP contribution in [0, 0.1) is 0 Å². The first-order valence-corrected chi connectivity index (χ1v) is 10.2. The van der Waals surface area contributed by atoms with E-state index in [4.69, 9.17) is 17.4 Å². The van der Waals surface area contributed by atoms with E-state index in [1.54, 1.807) is 13.0 Å². The summed E-state index contributed by atoms with van der Waals surface area (Å²) in [7, 11) is 0. The monoisotopic (exact) mass is 423 g/mol. The van der Waals surface area contributed by atoms with Gasteiger partial charge in [-0.3, -0.25) is 4.79 Å². The van der Waals surface area contributed by atoms with Gasteiger partial charge in [0.05, 0.1) is 10.3 Å². The summed E-state index contributed by atoms with van der Waals surface area (Å²) in [4.78, 5) is 12.6. The molecule has 1 aromatic heterocycles. The van der Waals surface area contributed by atoms with Gasteiger partial charge in [0.1, 0.15) is 0 Å². The minimum absolute atomic E-state index is 0.146. The number of nitrogen functional groups attached to an aromatic ring is 1. The van der Waals surface area contributed by atoms with Crippen LogP contribution in [0.3, 0.4) is 0 Å². The van der Waals surface area contributed by atoms with Crippen molar-refractivity contribution in [3.8, 4) is 11.4 Å². The molecule has 0 aliphatic carbocycles. The second-order valence-corrected chi connectivity index (χ2v) is 8.18. The topological polar surface area (TPSA) is 85.8 Å². The van der Waals surface area contributed by atoms with E-state index in [-0.39, 0.29) is 5.91 Å². The maximum atomic E-state index is 12.6. The van der Waals surface area contributed by atoms with Gasteiger partial charge in [-0.2, -0.15) is 0 Å². The molecule has 0 aliphatic heterocycles. The highest BCUT2D eigenvalue weighted by Crippen LogP contribution is 2.29. The summed E-state index contributed by atoms with van der Waals surface area (Å²) >= 11 is 7.45. The Labute approximate surface area is 177 Å². The van der Waals surface area contributed by atoms with E-state index in [9.17, 15) is 4.79 Å². The molecule has 3 N–H and O–H groups in total. The van der Waals surface area contributed by atoms with Crippen LogP contribution in [0.5, 0.6) is 0 Å². The normalized spacial score (nSPS) is 12.1. The standard InChI is InChI=1S/C21H18ClN5OS/c1-13(20(28)24-16-11-10-14-6-2-3-7-15(14)12-16)29-21-26-25-19(27(21)23)17-8-4-5-9-18(17)22/h2-13H,23H2,1H3,(H,24,28)/t13-/m0/s1. The van der Waals surface area contributed by atoms with Gasteiger partial charge in [0.25, 0.3) is 0 Å². The molecule has 0 fully saturated rings. The highest BCUT2D eigenvalue weighted by Gasteiger charge is 2.21. The van der Waals surface area contributed by atoms with E-state index in [0.29, 0.717) is 21.6 Å². The van der Waals surface area contributed by atoms with Gasteiger partial charge in [-0.15, -0.1) is 10.2 Å². The zero-order valence-electron chi connectivity index (χ0n) is 15.5. The number of rotatable bonds is 5. The van der Waals surface area contributed by atoms with Gasteiger partial charge in [0.2, 0.25) is 11.1 Å². The van der Waals surface area contributed by atoms with Crippen LogP contribution in [-0.4, -0.2) is 26.0 Å². The van der Waals surface area contributed by atoms with E-state index >= 15 is 0 Å². The Balaban J connectivity index is 1.48. The van der Waals surface area contributed by atoms with E-state index in [2.05, 4.69) is 15.5 Å². The Kier molecular flexibility index (Phi) is 5.42. The number of fused-ring (bicyclic) bond motifs is 1. The molecular formula is C21H18ClN5OS. The number of aromatic nitrogens is 3. The van der Waals surface area contributed by atoms with Gasteiger partial charge in [0.15, 0.2) is 5.82 Å². The summed E-state index contributed by atoms with van der Waals surface area (Å²) in [6.07, 6.45) is 0. The Bertz CT molecular complexity index is 1190. The molecule has 29 heavy (non-hydrogen) atoms. The lowest BCUT2D eigenvalue weighted by molar-refractivity contribution is -0.115. The third kappa shape index (κ3) is 4.06. The summed E-state index contributed by atoms with van der Waals surface area (Å²) in [6, 6.07) is 21.1. The second-order valence-electron chi connectivity index (χ2n) is 6.47. The maximum Gasteiger partial charge on any atom is 0.237 e. The number of carbonyl (C=O) groups is 1. The van der Waals surface area contributed by atoms with Crippen molar-refractivity contribution in [1.82, 2.24) is 14.9 Å². The number of amides is 1. The largest absolute Gasteiger partial charge is 0.335 e. The van der Waals surface area contributed by atoms with Crippen molar-refractivity contribution in [3.63, 3.8) is 0 Å². The number of nitrogens with one attached hydrogen (secondary N) is 1. The number of hydrogen-bond donors (Lipinski definition) is 2. The molecule has 0 bridgehead atoms. The average Bonchev–Trinajstić information content (AvgIpc) is 3.08. The zero-order valence-corrected chi connectivity index (χ0v) is 17.1. The number of anilines is 1. The highest BCUT2D eigenvalue weighted by molar-refractivity contribution is 8.00. The van der Waals surface area contributed by atoms with Crippen LogP contribution in [0.15, 0.2) is 71.9 Å². The molecule has 1 heterocycles. The summed E-state index contributed by atoms with van der Waals surface area (Å²) in [5.74, 6) is 6.45. The lowest BCUT2D eigenvalue weighted by Gasteiger charge is -2.12. The predicted molar refractivity (Wildman–Crippen MR) is 119 cm³/mol. The summed E-state index contributed by atoms with van der Waals surface area (Å²) in [5.41, 5.74) is 1.43. The van der Waals surface area contributed by atoms with Crippen LogP contribution in [0.1, 0.15) is 6.92 Å². The van der Waals surface area contributed by atoms with Crippen LogP contribution in [0.4, 0.5) is 5.69 Å². The van der Waals surface area contributed by atoms with Gasteiger partial charge in [-0.25, -0.2) is 4.68 Å². The van der Waals surface area contributed by atoms with Crippen LogP contribution in [0.2, 0.25) is 5.02 Å². The van der Waals surface area contributed by atoms with Crippen LogP contribution in [-0.2, 0) is 4.79 Å². The molecule has 0 aliphatic rings. The quantitative estimate of drug-likeness (QED) is 0.362. The summed E-state index contributed by atoms with van der Waals surface area (Å²) in [5, 5.41) is 13.9. The van der Waals surface area contributed by atoms with Gasteiger partial charge in [0, 0.05) is 11.3 Å². The molecule has 1 amide bonds. The fourth-order valence-corrected chi connectivity index (χ4v) is 3.90. The maximum absolute atomic E-state index is 12.6. The first kappa shape index (κ1) is 19.3. The molecule has 4 aromatic rings. The fraction of sp³-hybridized carbons (Fsp3) is 0.0952. The molecule has 6 nitrogen and oxygen atoms in total. The second kappa shape index (κ2) is 8.14. The number of carbonyl (C=O) groups excluding carboxylic acids is 1. The molecule has 0 radical (unpaired) electrons. The zero-order chi connectivity index (χ0) is 20.4. The summed E-state index contributed by atoms with van der Waals surface area (Å²) in [6.45, 7) is 1.80. The van der Waals surface area contributed by atoms with Crippen molar-refractivity contribution >= 4 is 45.7 Å². The third-order valence-corrected chi connectivity index (χ3v) is 5.83. The van der Waals surface area contributed by atoms with Crippen LogP contribution < -0.4 is 11.2 Å². The molecule has 4 rings (SSSR count). The smallest absolute Gasteiger partial charge is 0.237 e. The Hall–Kier alpha value is -3.03. The first-order chi connectivity index (χ1) is 14.0. The minimum atomic E-state index is -0.424. The summed E-state index contributed by atoms with van der Waals surface area (Å²) < 4.78 is 1.35. The SMILES string of the molecule is C[C@H](Sc1nnc(-c2ccccc2Cl)n1N)C(=O)Nc1ccc2ccccc2c1. The van der Waals surface area contributed by atoms with E-state index < -0.39 is 5.25 Å². The molecule has 1 atom stereocenters. The van der Waals surface area contributed by atoms with E-state index in [0.717, 1.165) is 16.5 Å². The Morgan fingerprint density at radius 3 is 2.59 bits per heavy atom. The number of halogens is 1. The van der Waals surface area contributed by atoms with E-state index in [1.165, 1.54) is 16.4 Å². The molecule has 0 saturated heterocycles. The predicted octanol–water partition coefficient (Wildman–Crippen LogP) is 4.58. The van der Waals surface area contributed by atoms with E-state index in [1.807, 2.05) is 60.7 Å². The molecular weight excluding hydrogens is 406 g/mol. The number of thioether (sulfide) groups is 1. The van der Waals surface area contributed by atoms with Gasteiger partial charge < -0.3 is 11.2 Å². The van der Waals surface area contributed by atoms with Gasteiger partial charge in [-0.05, 0) is 42.0 Å². The molecule has 0 spiro atoms. The van der Waals surface area contributed by atoms with Crippen molar-refractivity contribution < 1.29 is 4.79 Å². The Morgan fingerprint density at radius 2 is 1.79 bits per heavy atom.